The lowest BCUT2D eigenvalue weighted by Crippen LogP contribution is -2.22. The Bertz CT molecular complexity index is 1070. The van der Waals surface area contributed by atoms with Crippen molar-refractivity contribution in [1.82, 2.24) is 20.3 Å². The van der Waals surface area contributed by atoms with E-state index in [1.807, 2.05) is 49.4 Å². The molecule has 2 heterocycles. The zero-order chi connectivity index (χ0) is 17.2. The fraction of sp³-hybridized carbons (Fsp3) is 0.105. The van der Waals surface area contributed by atoms with Gasteiger partial charge in [-0.25, -0.2) is 9.97 Å². The molecule has 1 amide bonds. The van der Waals surface area contributed by atoms with Gasteiger partial charge in [0.25, 0.3) is 5.91 Å². The molecule has 0 radical (unpaired) electrons. The summed E-state index contributed by atoms with van der Waals surface area (Å²) in [5.41, 5.74) is 1.49. The number of aromatic nitrogens is 3. The van der Waals surface area contributed by atoms with Crippen molar-refractivity contribution in [2.75, 3.05) is 6.54 Å². The maximum atomic E-state index is 12.1. The largest absolute Gasteiger partial charge is 0.437 e. The van der Waals surface area contributed by atoms with Crippen LogP contribution in [0, 0.1) is 0 Å². The van der Waals surface area contributed by atoms with E-state index in [0.717, 1.165) is 10.8 Å². The summed E-state index contributed by atoms with van der Waals surface area (Å²) in [5, 5.41) is 4.84. The number of rotatable bonds is 4. The first kappa shape index (κ1) is 15.1. The van der Waals surface area contributed by atoms with Gasteiger partial charge in [0.15, 0.2) is 5.65 Å². The normalized spacial score (nSPS) is 10.9. The number of ether oxygens (including phenoxy) is 1. The Morgan fingerprint density at radius 3 is 2.92 bits per heavy atom. The van der Waals surface area contributed by atoms with Crippen molar-refractivity contribution in [2.24, 2.45) is 0 Å². The monoisotopic (exact) mass is 332 g/mol. The van der Waals surface area contributed by atoms with Crippen molar-refractivity contribution < 1.29 is 9.53 Å². The van der Waals surface area contributed by atoms with E-state index in [4.69, 9.17) is 4.74 Å². The van der Waals surface area contributed by atoms with Crippen molar-refractivity contribution in [3.63, 3.8) is 0 Å². The zero-order valence-electron chi connectivity index (χ0n) is 13.6. The van der Waals surface area contributed by atoms with Crippen LogP contribution in [0.1, 0.15) is 17.3 Å². The van der Waals surface area contributed by atoms with E-state index < -0.39 is 0 Å². The molecule has 2 N–H and O–H groups in total. The number of H-pyrrole nitrogens is 1. The highest BCUT2D eigenvalue weighted by molar-refractivity contribution is 6.04. The molecule has 6 nitrogen and oxygen atoms in total. The van der Waals surface area contributed by atoms with Crippen molar-refractivity contribution in [3.8, 4) is 11.6 Å². The van der Waals surface area contributed by atoms with Gasteiger partial charge in [-0.05, 0) is 18.4 Å². The lowest BCUT2D eigenvalue weighted by molar-refractivity contribution is 0.0957. The fourth-order valence-corrected chi connectivity index (χ4v) is 2.75. The Kier molecular flexibility index (Phi) is 3.78. The molecule has 0 bridgehead atoms. The fourth-order valence-electron chi connectivity index (χ4n) is 2.75. The van der Waals surface area contributed by atoms with Crippen molar-refractivity contribution in [1.29, 1.82) is 0 Å². The summed E-state index contributed by atoms with van der Waals surface area (Å²) < 4.78 is 5.94. The molecule has 4 rings (SSSR count). The van der Waals surface area contributed by atoms with Crippen LogP contribution >= 0.6 is 0 Å². The van der Waals surface area contributed by atoms with Crippen LogP contribution in [0.5, 0.6) is 11.6 Å². The molecule has 0 spiro atoms. The van der Waals surface area contributed by atoms with Crippen LogP contribution < -0.4 is 10.1 Å². The molecule has 124 valence electrons. The van der Waals surface area contributed by atoms with Gasteiger partial charge in [0, 0.05) is 18.1 Å². The lowest BCUT2D eigenvalue weighted by atomic mass is 10.1. The predicted molar refractivity (Wildman–Crippen MR) is 95.9 cm³/mol. The standard InChI is InChI=1S/C19H16N4O2/c1-2-20-19(24)14-10-21-18-17(14)23-16(11-22-18)25-15-9-5-7-12-6-3-4-8-13(12)15/h3-11H,2H2,1H3,(H,20,24)(H,21,22). The van der Waals surface area contributed by atoms with Gasteiger partial charge >= 0.3 is 0 Å². The van der Waals surface area contributed by atoms with E-state index in [2.05, 4.69) is 20.3 Å². The Morgan fingerprint density at radius 1 is 1.20 bits per heavy atom. The minimum atomic E-state index is -0.189. The second-order valence-electron chi connectivity index (χ2n) is 5.55. The molecule has 25 heavy (non-hydrogen) atoms. The maximum absolute atomic E-state index is 12.1. The number of fused-ring (bicyclic) bond motifs is 2. The molecule has 0 aliphatic rings. The van der Waals surface area contributed by atoms with Crippen LogP contribution in [-0.4, -0.2) is 27.4 Å². The Labute approximate surface area is 143 Å². The number of nitrogens with one attached hydrogen (secondary N) is 2. The van der Waals surface area contributed by atoms with Gasteiger partial charge in [-0.2, -0.15) is 0 Å². The summed E-state index contributed by atoms with van der Waals surface area (Å²) in [6.07, 6.45) is 3.15. The maximum Gasteiger partial charge on any atom is 0.255 e. The number of amides is 1. The van der Waals surface area contributed by atoms with E-state index in [1.165, 1.54) is 0 Å². The Hall–Kier alpha value is -3.41. The van der Waals surface area contributed by atoms with E-state index in [-0.39, 0.29) is 5.91 Å². The van der Waals surface area contributed by atoms with Crippen LogP contribution in [0.25, 0.3) is 21.9 Å². The molecule has 0 unspecified atom stereocenters. The molecule has 0 aliphatic carbocycles. The minimum absolute atomic E-state index is 0.189. The van der Waals surface area contributed by atoms with Gasteiger partial charge in [0.05, 0.1) is 11.8 Å². The zero-order valence-corrected chi connectivity index (χ0v) is 13.6. The smallest absolute Gasteiger partial charge is 0.255 e. The summed E-state index contributed by atoms with van der Waals surface area (Å²) in [6.45, 7) is 2.42. The third kappa shape index (κ3) is 2.78. The molecular weight excluding hydrogens is 316 g/mol. The summed E-state index contributed by atoms with van der Waals surface area (Å²) in [5.74, 6) is 0.848. The lowest BCUT2D eigenvalue weighted by Gasteiger charge is -2.08. The SMILES string of the molecule is CCNC(=O)c1c[nH]c2ncc(Oc3cccc4ccccc34)nc12. The third-order valence-electron chi connectivity index (χ3n) is 3.90. The highest BCUT2D eigenvalue weighted by Crippen LogP contribution is 2.29. The van der Waals surface area contributed by atoms with E-state index in [1.54, 1.807) is 12.4 Å². The van der Waals surface area contributed by atoms with Crippen molar-refractivity contribution in [2.45, 2.75) is 6.92 Å². The topological polar surface area (TPSA) is 79.9 Å². The molecule has 0 atom stereocenters. The molecule has 6 heteroatoms. The Balaban J connectivity index is 1.74. The highest BCUT2D eigenvalue weighted by Gasteiger charge is 2.15. The summed E-state index contributed by atoms with van der Waals surface area (Å²) in [4.78, 5) is 23.8. The highest BCUT2D eigenvalue weighted by atomic mass is 16.5. The van der Waals surface area contributed by atoms with Gasteiger partial charge in [-0.15, -0.1) is 0 Å². The van der Waals surface area contributed by atoms with Gasteiger partial charge in [-0.1, -0.05) is 36.4 Å². The van der Waals surface area contributed by atoms with Crippen LogP contribution in [0.3, 0.4) is 0 Å². The number of carbonyl (C=O) groups is 1. The molecule has 4 aromatic rings. The van der Waals surface area contributed by atoms with Crippen LogP contribution in [0.2, 0.25) is 0 Å². The molecule has 0 fully saturated rings. The minimum Gasteiger partial charge on any atom is -0.437 e. The number of hydrogen-bond acceptors (Lipinski definition) is 4. The van der Waals surface area contributed by atoms with Crippen LogP contribution in [0.15, 0.2) is 54.9 Å². The predicted octanol–water partition coefficient (Wildman–Crippen LogP) is 3.65. The molecule has 0 saturated heterocycles. The van der Waals surface area contributed by atoms with Crippen molar-refractivity contribution >= 4 is 27.8 Å². The summed E-state index contributed by atoms with van der Waals surface area (Å²) >= 11 is 0. The Morgan fingerprint density at radius 2 is 2.04 bits per heavy atom. The number of hydrogen-bond donors (Lipinski definition) is 2. The summed E-state index contributed by atoms with van der Waals surface area (Å²) in [7, 11) is 0. The molecule has 0 saturated carbocycles. The molecule has 2 aromatic heterocycles. The molecule has 2 aromatic carbocycles. The summed E-state index contributed by atoms with van der Waals surface area (Å²) in [6, 6.07) is 13.8. The number of carbonyl (C=O) groups excluding carboxylic acids is 1. The molecular formula is C19H16N4O2. The number of aromatic amines is 1. The quantitative estimate of drug-likeness (QED) is 0.598. The van der Waals surface area contributed by atoms with Gasteiger partial charge in [0.1, 0.15) is 11.3 Å². The van der Waals surface area contributed by atoms with E-state index in [9.17, 15) is 4.79 Å². The number of benzene rings is 2. The average molecular weight is 332 g/mol. The van der Waals surface area contributed by atoms with E-state index in [0.29, 0.717) is 34.9 Å². The number of nitrogens with zero attached hydrogens (tertiary/aromatic N) is 2. The average Bonchev–Trinajstić information content (AvgIpc) is 3.06. The second-order valence-corrected chi connectivity index (χ2v) is 5.55. The van der Waals surface area contributed by atoms with Gasteiger partial charge in [-0.3, -0.25) is 4.79 Å². The second kappa shape index (κ2) is 6.24. The van der Waals surface area contributed by atoms with Gasteiger partial charge in [0.2, 0.25) is 5.88 Å². The van der Waals surface area contributed by atoms with Crippen LogP contribution in [-0.2, 0) is 0 Å². The van der Waals surface area contributed by atoms with E-state index >= 15 is 0 Å². The van der Waals surface area contributed by atoms with Crippen LogP contribution in [0.4, 0.5) is 0 Å². The first-order valence-corrected chi connectivity index (χ1v) is 8.04. The first-order chi connectivity index (χ1) is 12.3. The van der Waals surface area contributed by atoms with Gasteiger partial charge < -0.3 is 15.0 Å². The molecule has 0 aliphatic heterocycles. The first-order valence-electron chi connectivity index (χ1n) is 8.04. The van der Waals surface area contributed by atoms with Crippen molar-refractivity contribution in [3.05, 3.63) is 60.4 Å². The third-order valence-corrected chi connectivity index (χ3v) is 3.90.